The van der Waals surface area contributed by atoms with Gasteiger partial charge in [0.05, 0.1) is 33.8 Å². The monoisotopic (exact) mass is 472 g/mol. The molecular formula is C22H21ClF4N2O3. The van der Waals surface area contributed by atoms with Crippen molar-refractivity contribution < 1.29 is 32.3 Å². The normalized spacial score (nSPS) is 21.1. The first-order valence-electron chi connectivity index (χ1n) is 9.90. The van der Waals surface area contributed by atoms with Crippen molar-refractivity contribution in [1.29, 1.82) is 0 Å². The summed E-state index contributed by atoms with van der Waals surface area (Å²) in [6.45, 7) is 0. The van der Waals surface area contributed by atoms with Crippen molar-refractivity contribution in [1.82, 2.24) is 0 Å². The van der Waals surface area contributed by atoms with Crippen molar-refractivity contribution >= 4 is 34.9 Å². The summed E-state index contributed by atoms with van der Waals surface area (Å²) < 4.78 is 52.4. The zero-order chi connectivity index (χ0) is 23.6. The fourth-order valence-electron chi connectivity index (χ4n) is 4.19. The maximum absolute atomic E-state index is 14.2. The number of benzene rings is 2. The Labute approximate surface area is 186 Å². The van der Waals surface area contributed by atoms with Gasteiger partial charge in [-0.15, -0.1) is 0 Å². The van der Waals surface area contributed by atoms with Crippen molar-refractivity contribution in [3.8, 4) is 0 Å². The number of nitrogens with one attached hydrogen (secondary N) is 2. The second-order valence-corrected chi connectivity index (χ2v) is 8.09. The summed E-state index contributed by atoms with van der Waals surface area (Å²) in [4.78, 5) is 25.0. The van der Waals surface area contributed by atoms with E-state index in [4.69, 9.17) is 11.6 Å². The molecule has 0 aromatic heterocycles. The highest BCUT2D eigenvalue weighted by molar-refractivity contribution is 6.33. The molecule has 3 atom stereocenters. The second-order valence-electron chi connectivity index (χ2n) is 7.68. The lowest BCUT2D eigenvalue weighted by atomic mass is 9.69. The maximum atomic E-state index is 14.2. The quantitative estimate of drug-likeness (QED) is 0.483. The van der Waals surface area contributed by atoms with Crippen molar-refractivity contribution in [3.63, 3.8) is 0 Å². The number of halogens is 5. The Balaban J connectivity index is 1.85. The number of amides is 1. The molecule has 0 saturated heterocycles. The van der Waals surface area contributed by atoms with E-state index in [9.17, 15) is 32.3 Å². The lowest BCUT2D eigenvalue weighted by Crippen LogP contribution is -2.40. The molecule has 1 fully saturated rings. The Hall–Kier alpha value is -2.81. The molecular weight excluding hydrogens is 452 g/mol. The van der Waals surface area contributed by atoms with Gasteiger partial charge in [-0.2, -0.15) is 13.2 Å². The molecule has 32 heavy (non-hydrogen) atoms. The van der Waals surface area contributed by atoms with E-state index in [0.29, 0.717) is 41.2 Å². The molecule has 2 aromatic rings. The number of rotatable bonds is 5. The minimum Gasteiger partial charge on any atom is -0.481 e. The van der Waals surface area contributed by atoms with Gasteiger partial charge < -0.3 is 15.7 Å². The summed E-state index contributed by atoms with van der Waals surface area (Å²) >= 11 is 6.23. The van der Waals surface area contributed by atoms with Crippen LogP contribution in [0.5, 0.6) is 0 Å². The van der Waals surface area contributed by atoms with Crippen LogP contribution in [0.25, 0.3) is 0 Å². The number of alkyl halides is 3. The molecule has 172 valence electrons. The molecule has 1 saturated carbocycles. The van der Waals surface area contributed by atoms with Gasteiger partial charge in [0, 0.05) is 7.05 Å². The Morgan fingerprint density at radius 2 is 1.78 bits per heavy atom. The molecule has 5 nitrogen and oxygen atoms in total. The number of carboxylic acids is 1. The average molecular weight is 473 g/mol. The largest absolute Gasteiger partial charge is 0.481 e. The SMILES string of the molecule is CNc1ccc([C@H]2CCC[C@@H](C(=O)Nc3ccc(C(F)(F)F)cc3F)[C@@H]2C(=O)O)cc1Cl. The summed E-state index contributed by atoms with van der Waals surface area (Å²) in [5, 5.41) is 15.5. The van der Waals surface area contributed by atoms with E-state index in [-0.39, 0.29) is 6.42 Å². The highest BCUT2D eigenvalue weighted by Gasteiger charge is 2.43. The number of hydrogen-bond acceptors (Lipinski definition) is 3. The van der Waals surface area contributed by atoms with Gasteiger partial charge in [0.25, 0.3) is 0 Å². The van der Waals surface area contributed by atoms with Gasteiger partial charge in [0.15, 0.2) is 0 Å². The predicted octanol–water partition coefficient (Wildman–Crippen LogP) is 5.76. The van der Waals surface area contributed by atoms with Crippen LogP contribution in [0.4, 0.5) is 28.9 Å². The zero-order valence-electron chi connectivity index (χ0n) is 17.0. The van der Waals surface area contributed by atoms with Gasteiger partial charge in [-0.1, -0.05) is 24.1 Å². The molecule has 0 aliphatic heterocycles. The zero-order valence-corrected chi connectivity index (χ0v) is 17.7. The Morgan fingerprint density at radius 3 is 2.34 bits per heavy atom. The van der Waals surface area contributed by atoms with Crippen LogP contribution in [0.3, 0.4) is 0 Å². The Bertz CT molecular complexity index is 1030. The number of carbonyl (C=O) groups is 2. The lowest BCUT2D eigenvalue weighted by Gasteiger charge is -2.35. The number of carboxylic acid groups (broad SMARTS) is 1. The molecule has 1 aliphatic rings. The van der Waals surface area contributed by atoms with E-state index in [1.54, 1.807) is 25.2 Å². The van der Waals surface area contributed by atoms with Gasteiger partial charge in [0.2, 0.25) is 5.91 Å². The fraction of sp³-hybridized carbons (Fsp3) is 0.364. The number of hydrogen-bond donors (Lipinski definition) is 3. The van der Waals surface area contributed by atoms with Gasteiger partial charge >= 0.3 is 12.1 Å². The molecule has 0 heterocycles. The lowest BCUT2D eigenvalue weighted by molar-refractivity contribution is -0.148. The molecule has 3 rings (SSSR count). The second kappa shape index (κ2) is 9.36. The van der Waals surface area contributed by atoms with E-state index in [1.165, 1.54) is 0 Å². The van der Waals surface area contributed by atoms with Crippen molar-refractivity contribution in [3.05, 3.63) is 58.4 Å². The van der Waals surface area contributed by atoms with E-state index in [1.807, 2.05) is 0 Å². The van der Waals surface area contributed by atoms with Crippen LogP contribution >= 0.6 is 11.6 Å². The maximum Gasteiger partial charge on any atom is 0.416 e. The fourth-order valence-corrected chi connectivity index (χ4v) is 4.48. The minimum absolute atomic E-state index is 0.254. The van der Waals surface area contributed by atoms with Crippen molar-refractivity contribution in [2.75, 3.05) is 17.7 Å². The van der Waals surface area contributed by atoms with Gasteiger partial charge in [-0.3, -0.25) is 9.59 Å². The van der Waals surface area contributed by atoms with Crippen molar-refractivity contribution in [2.45, 2.75) is 31.4 Å². The van der Waals surface area contributed by atoms with Crippen LogP contribution in [0.15, 0.2) is 36.4 Å². The van der Waals surface area contributed by atoms with Crippen LogP contribution in [-0.4, -0.2) is 24.0 Å². The molecule has 0 spiro atoms. The number of carbonyl (C=O) groups excluding carboxylic acids is 1. The highest BCUT2D eigenvalue weighted by atomic mass is 35.5. The molecule has 1 amide bonds. The molecule has 0 bridgehead atoms. The summed E-state index contributed by atoms with van der Waals surface area (Å²) in [6, 6.07) is 6.89. The molecule has 10 heteroatoms. The Morgan fingerprint density at radius 1 is 1.09 bits per heavy atom. The number of aliphatic carboxylic acids is 1. The van der Waals surface area contributed by atoms with Crippen LogP contribution in [0.2, 0.25) is 5.02 Å². The minimum atomic E-state index is -4.72. The van der Waals surface area contributed by atoms with E-state index in [2.05, 4.69) is 10.6 Å². The smallest absolute Gasteiger partial charge is 0.416 e. The number of anilines is 2. The summed E-state index contributed by atoms with van der Waals surface area (Å²) in [5.74, 6) is -5.77. The average Bonchev–Trinajstić information content (AvgIpc) is 2.73. The summed E-state index contributed by atoms with van der Waals surface area (Å²) in [5.41, 5.74) is -0.281. The molecule has 2 aromatic carbocycles. The van der Waals surface area contributed by atoms with E-state index in [0.717, 1.165) is 6.07 Å². The van der Waals surface area contributed by atoms with Gasteiger partial charge in [-0.05, 0) is 54.7 Å². The third-order valence-electron chi connectivity index (χ3n) is 5.76. The van der Waals surface area contributed by atoms with E-state index >= 15 is 0 Å². The topological polar surface area (TPSA) is 78.4 Å². The molecule has 3 N–H and O–H groups in total. The van der Waals surface area contributed by atoms with Gasteiger partial charge in [-0.25, -0.2) is 4.39 Å². The summed E-state index contributed by atoms with van der Waals surface area (Å²) in [7, 11) is 1.70. The van der Waals surface area contributed by atoms with Gasteiger partial charge in [0.1, 0.15) is 5.82 Å². The predicted molar refractivity (Wildman–Crippen MR) is 112 cm³/mol. The summed E-state index contributed by atoms with van der Waals surface area (Å²) in [6.07, 6.45) is -3.40. The van der Waals surface area contributed by atoms with Crippen LogP contribution in [-0.2, 0) is 15.8 Å². The van der Waals surface area contributed by atoms with Crippen LogP contribution in [0, 0.1) is 17.7 Å². The first kappa shape index (κ1) is 23.8. The first-order valence-corrected chi connectivity index (χ1v) is 10.3. The van der Waals surface area contributed by atoms with Crippen molar-refractivity contribution in [2.24, 2.45) is 11.8 Å². The first-order chi connectivity index (χ1) is 15.0. The molecule has 0 unspecified atom stereocenters. The Kier molecular flexibility index (Phi) is 6.97. The third-order valence-corrected chi connectivity index (χ3v) is 6.08. The van der Waals surface area contributed by atoms with Crippen LogP contribution in [0.1, 0.15) is 36.3 Å². The standard InChI is InChI=1S/C22H21ClF4N2O3/c1-28-17-7-5-11(9-15(17)23)13-3-2-4-14(19(13)21(31)32)20(30)29-18-8-6-12(10-16(18)24)22(25,26)27/h5-10,13-14,19,28H,2-4H2,1H3,(H,29,30)(H,31,32)/t13-,14-,19-/m1/s1. The van der Waals surface area contributed by atoms with E-state index < -0.39 is 52.9 Å². The highest BCUT2D eigenvalue weighted by Crippen LogP contribution is 2.43. The molecule has 1 aliphatic carbocycles. The third kappa shape index (κ3) is 4.98. The molecule has 0 radical (unpaired) electrons. The van der Waals surface area contributed by atoms with Crippen LogP contribution < -0.4 is 10.6 Å².